The predicted octanol–water partition coefficient (Wildman–Crippen LogP) is 1.94. The summed E-state index contributed by atoms with van der Waals surface area (Å²) in [6, 6.07) is 3.64. The van der Waals surface area contributed by atoms with Crippen molar-refractivity contribution in [1.82, 2.24) is 5.32 Å². The van der Waals surface area contributed by atoms with Crippen LogP contribution in [0.1, 0.15) is 23.6 Å². The van der Waals surface area contributed by atoms with Gasteiger partial charge in [-0.25, -0.2) is 4.39 Å². The summed E-state index contributed by atoms with van der Waals surface area (Å²) in [7, 11) is 1.62. The van der Waals surface area contributed by atoms with Crippen molar-refractivity contribution in [1.29, 1.82) is 0 Å². The number of methoxy groups -OCH3 is 1. The van der Waals surface area contributed by atoms with Crippen LogP contribution < -0.4 is 5.32 Å². The molecule has 0 bridgehead atoms. The minimum Gasteiger partial charge on any atom is -0.389 e. The first-order valence-electron chi connectivity index (χ1n) is 7.19. The topological polar surface area (TPSA) is 50.7 Å². The van der Waals surface area contributed by atoms with Crippen LogP contribution in [0.25, 0.3) is 0 Å². The van der Waals surface area contributed by atoms with Gasteiger partial charge >= 0.3 is 0 Å². The van der Waals surface area contributed by atoms with Gasteiger partial charge in [0.25, 0.3) is 0 Å². The Labute approximate surface area is 126 Å². The number of aryl methyl sites for hydroxylation is 2. The van der Waals surface area contributed by atoms with E-state index < -0.39 is 6.10 Å². The van der Waals surface area contributed by atoms with Crippen LogP contribution in [0.2, 0.25) is 0 Å². The van der Waals surface area contributed by atoms with E-state index >= 15 is 0 Å². The Kier molecular flexibility index (Phi) is 7.82. The predicted molar refractivity (Wildman–Crippen MR) is 80.9 cm³/mol. The van der Waals surface area contributed by atoms with Crippen molar-refractivity contribution in [2.24, 2.45) is 0 Å². The van der Waals surface area contributed by atoms with Crippen LogP contribution in [0, 0.1) is 19.7 Å². The quantitative estimate of drug-likeness (QED) is 0.732. The zero-order valence-electron chi connectivity index (χ0n) is 13.3. The normalized spacial score (nSPS) is 14.2. The van der Waals surface area contributed by atoms with Gasteiger partial charge in [-0.05, 0) is 37.5 Å². The zero-order chi connectivity index (χ0) is 15.8. The Bertz CT molecular complexity index is 417. The molecule has 0 fully saturated rings. The first kappa shape index (κ1) is 18.0. The summed E-state index contributed by atoms with van der Waals surface area (Å²) in [5.41, 5.74) is 2.29. The van der Waals surface area contributed by atoms with Crippen LogP contribution in [0.5, 0.6) is 0 Å². The molecule has 0 aromatic heterocycles. The molecule has 1 rings (SSSR count). The van der Waals surface area contributed by atoms with Crippen LogP contribution in [0.4, 0.5) is 4.39 Å². The molecule has 120 valence electrons. The number of aliphatic hydroxyl groups excluding tert-OH is 1. The molecule has 0 spiro atoms. The van der Waals surface area contributed by atoms with Crippen molar-refractivity contribution < 1.29 is 19.0 Å². The van der Waals surface area contributed by atoms with Crippen LogP contribution in [-0.4, -0.2) is 44.2 Å². The number of ether oxygens (including phenoxy) is 2. The van der Waals surface area contributed by atoms with Gasteiger partial charge in [0.2, 0.25) is 0 Å². The van der Waals surface area contributed by atoms with Gasteiger partial charge in [0.05, 0.1) is 25.4 Å². The van der Waals surface area contributed by atoms with Crippen LogP contribution >= 0.6 is 0 Å². The molecule has 0 aliphatic rings. The average molecular weight is 299 g/mol. The van der Waals surface area contributed by atoms with E-state index in [1.807, 2.05) is 19.1 Å². The maximum Gasteiger partial charge on any atom is 0.129 e. The molecular formula is C16H26FNO3. The minimum atomic E-state index is -0.577. The molecule has 0 radical (unpaired) electrons. The van der Waals surface area contributed by atoms with Gasteiger partial charge in [-0.3, -0.25) is 0 Å². The van der Waals surface area contributed by atoms with E-state index in [2.05, 4.69) is 5.32 Å². The summed E-state index contributed by atoms with van der Waals surface area (Å²) >= 11 is 0. The molecule has 1 aromatic rings. The Morgan fingerprint density at radius 2 is 1.86 bits per heavy atom. The second kappa shape index (κ2) is 9.10. The highest BCUT2D eigenvalue weighted by molar-refractivity contribution is 5.30. The first-order valence-corrected chi connectivity index (χ1v) is 7.19. The van der Waals surface area contributed by atoms with Crippen molar-refractivity contribution in [2.75, 3.05) is 26.9 Å². The fourth-order valence-corrected chi connectivity index (χ4v) is 2.14. The molecule has 5 heteroatoms. The second-order valence-corrected chi connectivity index (χ2v) is 5.43. The summed E-state index contributed by atoms with van der Waals surface area (Å²) in [6.07, 6.45) is -0.612. The van der Waals surface area contributed by atoms with E-state index in [1.54, 1.807) is 21.0 Å². The maximum atomic E-state index is 13.5. The number of benzene rings is 1. The molecule has 2 atom stereocenters. The number of hydrogen-bond acceptors (Lipinski definition) is 4. The molecular weight excluding hydrogens is 273 g/mol. The van der Waals surface area contributed by atoms with E-state index in [0.29, 0.717) is 30.8 Å². The highest BCUT2D eigenvalue weighted by Gasteiger charge is 2.08. The van der Waals surface area contributed by atoms with E-state index in [4.69, 9.17) is 9.47 Å². The fraction of sp³-hybridized carbons (Fsp3) is 0.625. The molecule has 2 unspecified atom stereocenters. The molecule has 0 heterocycles. The summed E-state index contributed by atoms with van der Waals surface area (Å²) in [6.45, 7) is 7.19. The van der Waals surface area contributed by atoms with E-state index in [-0.39, 0.29) is 18.5 Å². The van der Waals surface area contributed by atoms with Crippen LogP contribution in [-0.2, 0) is 16.0 Å². The van der Waals surface area contributed by atoms with Crippen molar-refractivity contribution in [3.63, 3.8) is 0 Å². The summed E-state index contributed by atoms with van der Waals surface area (Å²) < 4.78 is 23.9. The van der Waals surface area contributed by atoms with E-state index in [9.17, 15) is 9.50 Å². The Hall–Kier alpha value is -1.01. The molecule has 4 nitrogen and oxygen atoms in total. The maximum absolute atomic E-state index is 13.5. The average Bonchev–Trinajstić information content (AvgIpc) is 2.43. The number of aliphatic hydroxyl groups is 1. The number of nitrogens with one attached hydrogen (secondary N) is 1. The summed E-state index contributed by atoms with van der Waals surface area (Å²) in [5, 5.41) is 13.0. The Balaban J connectivity index is 2.30. The van der Waals surface area contributed by atoms with Crippen LogP contribution in [0.15, 0.2) is 12.1 Å². The van der Waals surface area contributed by atoms with Crippen molar-refractivity contribution in [3.8, 4) is 0 Å². The lowest BCUT2D eigenvalue weighted by molar-refractivity contribution is -0.0311. The minimum absolute atomic E-state index is 0.0351. The van der Waals surface area contributed by atoms with Gasteiger partial charge < -0.3 is 19.9 Å². The Morgan fingerprint density at radius 3 is 2.43 bits per heavy atom. The standard InChI is InChI=1S/C16H26FNO3/c1-11-5-14(6-12(2)16(11)17)7-18-8-15(19)10-21-13(3)9-20-4/h5-6,13,15,18-19H,7-10H2,1-4H3. The third-order valence-corrected chi connectivity index (χ3v) is 3.18. The largest absolute Gasteiger partial charge is 0.389 e. The van der Waals surface area contributed by atoms with E-state index in [1.165, 1.54) is 0 Å². The monoisotopic (exact) mass is 299 g/mol. The van der Waals surface area contributed by atoms with E-state index in [0.717, 1.165) is 5.56 Å². The third-order valence-electron chi connectivity index (χ3n) is 3.18. The Morgan fingerprint density at radius 1 is 1.24 bits per heavy atom. The van der Waals surface area contributed by atoms with Crippen molar-refractivity contribution in [2.45, 2.75) is 39.5 Å². The van der Waals surface area contributed by atoms with Crippen molar-refractivity contribution >= 4 is 0 Å². The molecule has 1 aromatic carbocycles. The lowest BCUT2D eigenvalue weighted by Gasteiger charge is -2.16. The van der Waals surface area contributed by atoms with Gasteiger partial charge in [0.1, 0.15) is 5.82 Å². The molecule has 2 N–H and O–H groups in total. The molecule has 0 amide bonds. The third kappa shape index (κ3) is 6.52. The fourth-order valence-electron chi connectivity index (χ4n) is 2.14. The van der Waals surface area contributed by atoms with Gasteiger partial charge in [0.15, 0.2) is 0 Å². The zero-order valence-corrected chi connectivity index (χ0v) is 13.3. The molecule has 0 aliphatic carbocycles. The summed E-state index contributed by atoms with van der Waals surface area (Å²) in [5.74, 6) is -0.153. The highest BCUT2D eigenvalue weighted by atomic mass is 19.1. The number of hydrogen-bond donors (Lipinski definition) is 2. The first-order chi connectivity index (χ1) is 9.93. The highest BCUT2D eigenvalue weighted by Crippen LogP contribution is 2.14. The van der Waals surface area contributed by atoms with Gasteiger partial charge in [-0.15, -0.1) is 0 Å². The lowest BCUT2D eigenvalue weighted by atomic mass is 10.1. The van der Waals surface area contributed by atoms with Gasteiger partial charge in [0, 0.05) is 20.2 Å². The number of rotatable bonds is 9. The molecule has 0 saturated heterocycles. The van der Waals surface area contributed by atoms with Gasteiger partial charge in [-0.1, -0.05) is 12.1 Å². The molecule has 0 saturated carbocycles. The molecule has 21 heavy (non-hydrogen) atoms. The molecule has 0 aliphatic heterocycles. The van der Waals surface area contributed by atoms with Crippen LogP contribution in [0.3, 0.4) is 0 Å². The smallest absolute Gasteiger partial charge is 0.129 e. The second-order valence-electron chi connectivity index (χ2n) is 5.43. The summed E-state index contributed by atoms with van der Waals surface area (Å²) in [4.78, 5) is 0. The van der Waals surface area contributed by atoms with Crippen molar-refractivity contribution in [3.05, 3.63) is 34.6 Å². The van der Waals surface area contributed by atoms with Gasteiger partial charge in [-0.2, -0.15) is 0 Å². The SMILES string of the molecule is COCC(C)OCC(O)CNCc1cc(C)c(F)c(C)c1. The lowest BCUT2D eigenvalue weighted by Crippen LogP contribution is -2.32. The number of halogens is 1.